The number of aromatic nitrogens is 1. The molecule has 0 aliphatic heterocycles. The Morgan fingerprint density at radius 2 is 2.25 bits per heavy atom. The maximum Gasteiger partial charge on any atom is 0.150 e. The Morgan fingerprint density at radius 1 is 1.58 bits per heavy atom. The Hall–Kier alpha value is -0.900. The number of anilines is 1. The second-order valence-electron chi connectivity index (χ2n) is 2.74. The quantitative estimate of drug-likeness (QED) is 0.751. The van der Waals surface area contributed by atoms with Crippen LogP contribution in [0.25, 0.3) is 0 Å². The van der Waals surface area contributed by atoms with E-state index in [1.165, 1.54) is 0 Å². The largest absolute Gasteiger partial charge is 0.396 e. The SMILES string of the molecule is CC(C)S(=O)c1ncccc1N. The van der Waals surface area contributed by atoms with Crippen LogP contribution >= 0.6 is 0 Å². The van der Waals surface area contributed by atoms with Crippen LogP contribution in [0, 0.1) is 0 Å². The summed E-state index contributed by atoms with van der Waals surface area (Å²) in [5, 5.41) is 0.551. The molecule has 1 atom stereocenters. The Bertz CT molecular complexity index is 299. The van der Waals surface area contributed by atoms with E-state index in [2.05, 4.69) is 4.98 Å². The minimum atomic E-state index is -1.08. The van der Waals surface area contributed by atoms with Crippen molar-refractivity contribution in [2.45, 2.75) is 24.1 Å². The zero-order valence-electron chi connectivity index (χ0n) is 7.15. The third-order valence-corrected chi connectivity index (χ3v) is 3.00. The molecule has 0 aliphatic carbocycles. The molecule has 0 amide bonds. The second kappa shape index (κ2) is 3.67. The average Bonchev–Trinajstić information content (AvgIpc) is 2.04. The number of hydrogen-bond acceptors (Lipinski definition) is 3. The van der Waals surface area contributed by atoms with Crippen molar-refractivity contribution in [2.24, 2.45) is 0 Å². The highest BCUT2D eigenvalue weighted by Gasteiger charge is 2.11. The molecular weight excluding hydrogens is 172 g/mol. The Balaban J connectivity index is 3.03. The van der Waals surface area contributed by atoms with Gasteiger partial charge in [-0.2, -0.15) is 0 Å². The lowest BCUT2D eigenvalue weighted by Crippen LogP contribution is -2.09. The molecule has 1 aromatic rings. The summed E-state index contributed by atoms with van der Waals surface area (Å²) < 4.78 is 11.5. The maximum atomic E-state index is 11.5. The molecule has 3 nitrogen and oxygen atoms in total. The first-order chi connectivity index (χ1) is 5.63. The molecule has 0 bridgehead atoms. The summed E-state index contributed by atoms with van der Waals surface area (Å²) in [4.78, 5) is 3.97. The molecule has 1 heterocycles. The molecule has 0 fully saturated rings. The number of hydrogen-bond donors (Lipinski definition) is 1. The average molecular weight is 184 g/mol. The first-order valence-corrected chi connectivity index (χ1v) is 4.95. The van der Waals surface area contributed by atoms with E-state index in [9.17, 15) is 4.21 Å². The summed E-state index contributed by atoms with van der Waals surface area (Å²) >= 11 is 0. The van der Waals surface area contributed by atoms with Crippen LogP contribution in [0.15, 0.2) is 23.4 Å². The summed E-state index contributed by atoms with van der Waals surface area (Å²) in [7, 11) is -1.08. The van der Waals surface area contributed by atoms with Gasteiger partial charge in [0.1, 0.15) is 5.03 Å². The fraction of sp³-hybridized carbons (Fsp3) is 0.375. The Kier molecular flexibility index (Phi) is 2.81. The van der Waals surface area contributed by atoms with Crippen molar-refractivity contribution in [3.63, 3.8) is 0 Å². The standard InChI is InChI=1S/C8H12N2OS/c1-6(2)12(11)8-7(9)4-3-5-10-8/h3-6H,9H2,1-2H3. The van der Waals surface area contributed by atoms with Gasteiger partial charge in [0.2, 0.25) is 0 Å². The molecule has 0 aromatic carbocycles. The van der Waals surface area contributed by atoms with Gasteiger partial charge in [0.25, 0.3) is 0 Å². The summed E-state index contributed by atoms with van der Waals surface area (Å²) in [5.74, 6) is 0. The molecule has 1 unspecified atom stereocenters. The molecule has 2 N–H and O–H groups in total. The monoisotopic (exact) mass is 184 g/mol. The van der Waals surface area contributed by atoms with E-state index in [4.69, 9.17) is 5.73 Å². The van der Waals surface area contributed by atoms with Gasteiger partial charge in [-0.25, -0.2) is 4.98 Å². The lowest BCUT2D eigenvalue weighted by molar-refractivity contribution is 0.674. The van der Waals surface area contributed by atoms with Crippen molar-refractivity contribution in [1.29, 1.82) is 0 Å². The van der Waals surface area contributed by atoms with Crippen LogP contribution in [0.2, 0.25) is 0 Å². The summed E-state index contributed by atoms with van der Waals surface area (Å²) in [6, 6.07) is 3.44. The molecule has 0 radical (unpaired) electrons. The van der Waals surface area contributed by atoms with Crippen LogP contribution < -0.4 is 5.73 Å². The van der Waals surface area contributed by atoms with Gasteiger partial charge in [0.15, 0.2) is 0 Å². The van der Waals surface area contributed by atoms with E-state index in [0.717, 1.165) is 0 Å². The summed E-state index contributed by atoms with van der Waals surface area (Å²) in [6.45, 7) is 3.76. The number of rotatable bonds is 2. The third-order valence-electron chi connectivity index (χ3n) is 1.42. The van der Waals surface area contributed by atoms with Gasteiger partial charge in [-0.15, -0.1) is 0 Å². The molecular formula is C8H12N2OS. The molecule has 0 saturated heterocycles. The lowest BCUT2D eigenvalue weighted by atomic mass is 10.4. The van der Waals surface area contributed by atoms with Gasteiger partial charge in [0, 0.05) is 11.4 Å². The first kappa shape index (κ1) is 9.19. The minimum absolute atomic E-state index is 0.0576. The Morgan fingerprint density at radius 3 is 2.75 bits per heavy atom. The van der Waals surface area contributed by atoms with Gasteiger partial charge < -0.3 is 5.73 Å². The predicted octanol–water partition coefficient (Wildman–Crippen LogP) is 1.18. The van der Waals surface area contributed by atoms with Crippen molar-refractivity contribution in [2.75, 3.05) is 5.73 Å². The topological polar surface area (TPSA) is 56.0 Å². The van der Waals surface area contributed by atoms with Gasteiger partial charge >= 0.3 is 0 Å². The van der Waals surface area contributed by atoms with Crippen molar-refractivity contribution in [3.8, 4) is 0 Å². The van der Waals surface area contributed by atoms with Crippen LogP contribution in [0.5, 0.6) is 0 Å². The van der Waals surface area contributed by atoms with E-state index < -0.39 is 10.8 Å². The molecule has 66 valence electrons. The molecule has 4 heteroatoms. The van der Waals surface area contributed by atoms with E-state index in [1.54, 1.807) is 18.3 Å². The molecule has 1 rings (SSSR count). The van der Waals surface area contributed by atoms with E-state index in [-0.39, 0.29) is 5.25 Å². The van der Waals surface area contributed by atoms with E-state index >= 15 is 0 Å². The molecule has 0 saturated carbocycles. The fourth-order valence-corrected chi connectivity index (χ4v) is 1.71. The highest BCUT2D eigenvalue weighted by Crippen LogP contribution is 2.14. The van der Waals surface area contributed by atoms with Crippen LogP contribution in [-0.4, -0.2) is 14.4 Å². The smallest absolute Gasteiger partial charge is 0.150 e. The number of nitrogens with zero attached hydrogens (tertiary/aromatic N) is 1. The van der Waals surface area contributed by atoms with Crippen molar-refractivity contribution >= 4 is 16.5 Å². The number of nitrogen functional groups attached to an aromatic ring is 1. The zero-order valence-corrected chi connectivity index (χ0v) is 7.97. The maximum absolute atomic E-state index is 11.5. The first-order valence-electron chi connectivity index (χ1n) is 3.74. The van der Waals surface area contributed by atoms with Gasteiger partial charge in [0.05, 0.1) is 16.5 Å². The van der Waals surface area contributed by atoms with Gasteiger partial charge in [-0.05, 0) is 12.1 Å². The normalized spacial score (nSPS) is 13.2. The second-order valence-corrected chi connectivity index (χ2v) is 4.67. The number of nitrogens with two attached hydrogens (primary N) is 1. The van der Waals surface area contributed by atoms with Gasteiger partial charge in [-0.1, -0.05) is 13.8 Å². The third kappa shape index (κ3) is 1.82. The van der Waals surface area contributed by atoms with Crippen molar-refractivity contribution in [1.82, 2.24) is 4.98 Å². The molecule has 0 aliphatic rings. The van der Waals surface area contributed by atoms with E-state index in [1.807, 2.05) is 13.8 Å². The molecule has 12 heavy (non-hydrogen) atoms. The van der Waals surface area contributed by atoms with Crippen LogP contribution in [0.1, 0.15) is 13.8 Å². The lowest BCUT2D eigenvalue weighted by Gasteiger charge is -2.05. The van der Waals surface area contributed by atoms with Crippen LogP contribution in [-0.2, 0) is 10.8 Å². The van der Waals surface area contributed by atoms with Gasteiger partial charge in [-0.3, -0.25) is 4.21 Å². The molecule has 0 spiro atoms. The molecule has 1 aromatic heterocycles. The van der Waals surface area contributed by atoms with Crippen molar-refractivity contribution in [3.05, 3.63) is 18.3 Å². The summed E-state index contributed by atoms with van der Waals surface area (Å²) in [6.07, 6.45) is 1.60. The van der Waals surface area contributed by atoms with Crippen LogP contribution in [0.4, 0.5) is 5.69 Å². The van der Waals surface area contributed by atoms with Crippen molar-refractivity contribution < 1.29 is 4.21 Å². The highest BCUT2D eigenvalue weighted by atomic mass is 32.2. The minimum Gasteiger partial charge on any atom is -0.396 e. The Labute approximate surface area is 74.5 Å². The number of pyridine rings is 1. The zero-order chi connectivity index (χ0) is 9.14. The fourth-order valence-electron chi connectivity index (χ4n) is 0.795. The van der Waals surface area contributed by atoms with E-state index in [0.29, 0.717) is 10.7 Å². The highest BCUT2D eigenvalue weighted by molar-refractivity contribution is 7.85. The van der Waals surface area contributed by atoms with Crippen LogP contribution in [0.3, 0.4) is 0 Å². The predicted molar refractivity (Wildman–Crippen MR) is 50.2 cm³/mol. The summed E-state index contributed by atoms with van der Waals surface area (Å²) in [5.41, 5.74) is 6.11.